The summed E-state index contributed by atoms with van der Waals surface area (Å²) in [6.07, 6.45) is 4.18. The van der Waals surface area contributed by atoms with Crippen LogP contribution in [0, 0.1) is 5.92 Å². The Bertz CT molecular complexity index is 501. The minimum atomic E-state index is 0.446. The third kappa shape index (κ3) is 2.77. The van der Waals surface area contributed by atoms with Crippen LogP contribution in [0.5, 0.6) is 0 Å². The number of hydrogen-bond acceptors (Lipinski definition) is 4. The predicted octanol–water partition coefficient (Wildman–Crippen LogP) is 2.47. The van der Waals surface area contributed by atoms with E-state index < -0.39 is 0 Å². The van der Waals surface area contributed by atoms with Gasteiger partial charge in [-0.15, -0.1) is 5.10 Å². The van der Waals surface area contributed by atoms with Crippen molar-refractivity contribution in [3.05, 3.63) is 16.8 Å². The largest absolute Gasteiger partial charge is 0.389 e. The lowest BCUT2D eigenvalue weighted by Crippen LogP contribution is -2.27. The van der Waals surface area contributed by atoms with E-state index in [1.165, 1.54) is 18.4 Å². The SMILES string of the molecule is CCc1nnc(N2CCC(CC)C2)c(C(N)=S)c1CC. The molecule has 1 aliphatic rings. The third-order valence-corrected chi connectivity index (χ3v) is 4.44. The minimum absolute atomic E-state index is 0.446. The van der Waals surface area contributed by atoms with E-state index in [1.54, 1.807) is 0 Å². The Morgan fingerprint density at radius 3 is 2.55 bits per heavy atom. The first-order chi connectivity index (χ1) is 9.62. The van der Waals surface area contributed by atoms with Crippen molar-refractivity contribution in [2.45, 2.75) is 46.5 Å². The first-order valence-corrected chi connectivity index (χ1v) is 7.96. The lowest BCUT2D eigenvalue weighted by Gasteiger charge is -2.22. The highest BCUT2D eigenvalue weighted by molar-refractivity contribution is 7.80. The number of nitrogens with two attached hydrogens (primary N) is 1. The lowest BCUT2D eigenvalue weighted by atomic mass is 10.0. The molecule has 0 amide bonds. The molecule has 2 heterocycles. The number of thiocarbonyl (C=S) groups is 1. The van der Waals surface area contributed by atoms with Crippen LogP contribution in [0.4, 0.5) is 5.82 Å². The molecule has 1 aromatic heterocycles. The maximum Gasteiger partial charge on any atom is 0.161 e. The van der Waals surface area contributed by atoms with Gasteiger partial charge in [0.15, 0.2) is 5.82 Å². The zero-order valence-corrected chi connectivity index (χ0v) is 13.5. The van der Waals surface area contributed by atoms with Crippen LogP contribution in [0.2, 0.25) is 0 Å². The van der Waals surface area contributed by atoms with Crippen LogP contribution in [0.1, 0.15) is 50.4 Å². The van der Waals surface area contributed by atoms with Gasteiger partial charge in [0.05, 0.1) is 11.3 Å². The van der Waals surface area contributed by atoms with Crippen molar-refractivity contribution in [1.29, 1.82) is 0 Å². The van der Waals surface area contributed by atoms with Gasteiger partial charge in [-0.05, 0) is 30.7 Å². The molecule has 1 fully saturated rings. The van der Waals surface area contributed by atoms with E-state index in [0.29, 0.717) is 4.99 Å². The van der Waals surface area contributed by atoms with Crippen LogP contribution in [-0.2, 0) is 12.8 Å². The molecular weight excluding hydrogens is 268 g/mol. The highest BCUT2D eigenvalue weighted by Crippen LogP contribution is 2.29. The van der Waals surface area contributed by atoms with E-state index in [4.69, 9.17) is 18.0 Å². The fourth-order valence-corrected chi connectivity index (χ4v) is 3.22. The first kappa shape index (κ1) is 15.2. The van der Waals surface area contributed by atoms with Gasteiger partial charge in [0.2, 0.25) is 0 Å². The molecule has 0 radical (unpaired) electrons. The molecule has 20 heavy (non-hydrogen) atoms. The predicted molar refractivity (Wildman–Crippen MR) is 87.3 cm³/mol. The number of anilines is 1. The second-order valence-corrected chi connectivity index (χ2v) is 5.84. The molecule has 0 saturated carbocycles. The maximum absolute atomic E-state index is 5.99. The number of aromatic nitrogens is 2. The summed E-state index contributed by atoms with van der Waals surface area (Å²) < 4.78 is 0. The van der Waals surface area contributed by atoms with Gasteiger partial charge in [-0.2, -0.15) is 5.10 Å². The summed E-state index contributed by atoms with van der Waals surface area (Å²) in [4.78, 5) is 2.75. The molecule has 2 rings (SSSR count). The molecule has 110 valence electrons. The summed E-state index contributed by atoms with van der Waals surface area (Å²) in [5, 5.41) is 8.84. The van der Waals surface area contributed by atoms with Gasteiger partial charge in [-0.3, -0.25) is 0 Å². The maximum atomic E-state index is 5.99. The van der Waals surface area contributed by atoms with Gasteiger partial charge >= 0.3 is 0 Å². The average molecular weight is 292 g/mol. The molecule has 5 heteroatoms. The zero-order valence-electron chi connectivity index (χ0n) is 12.6. The van der Waals surface area contributed by atoms with Crippen LogP contribution in [0.25, 0.3) is 0 Å². The summed E-state index contributed by atoms with van der Waals surface area (Å²) in [5.41, 5.74) is 9.13. The molecule has 0 aromatic carbocycles. The number of hydrogen-bond donors (Lipinski definition) is 1. The van der Waals surface area contributed by atoms with Crippen molar-refractivity contribution in [3.8, 4) is 0 Å². The summed E-state index contributed by atoms with van der Waals surface area (Å²) in [7, 11) is 0. The summed E-state index contributed by atoms with van der Waals surface area (Å²) in [5.74, 6) is 1.63. The smallest absolute Gasteiger partial charge is 0.161 e. The molecule has 0 aliphatic carbocycles. The Morgan fingerprint density at radius 1 is 1.30 bits per heavy atom. The Hall–Kier alpha value is -1.23. The standard InChI is InChI=1S/C15H24N4S/c1-4-10-7-8-19(9-10)15-13(14(16)20)11(5-2)12(6-3)17-18-15/h10H,4-9H2,1-3H3,(H2,16,20). The van der Waals surface area contributed by atoms with Gasteiger partial charge < -0.3 is 10.6 Å². The van der Waals surface area contributed by atoms with Gasteiger partial charge in [0, 0.05) is 13.1 Å². The van der Waals surface area contributed by atoms with E-state index in [0.717, 1.165) is 48.9 Å². The zero-order chi connectivity index (χ0) is 14.7. The number of nitrogens with zero attached hydrogens (tertiary/aromatic N) is 3. The van der Waals surface area contributed by atoms with Crippen LogP contribution in [-0.4, -0.2) is 28.3 Å². The minimum Gasteiger partial charge on any atom is -0.389 e. The van der Waals surface area contributed by atoms with Crippen molar-refractivity contribution in [3.63, 3.8) is 0 Å². The Morgan fingerprint density at radius 2 is 2.05 bits per heavy atom. The highest BCUT2D eigenvalue weighted by Gasteiger charge is 2.27. The second-order valence-electron chi connectivity index (χ2n) is 5.40. The Kier molecular flexibility index (Phi) is 4.91. The van der Waals surface area contributed by atoms with E-state index in [2.05, 4.69) is 35.9 Å². The number of aryl methyl sites for hydroxylation is 1. The van der Waals surface area contributed by atoms with Gasteiger partial charge in [0.25, 0.3) is 0 Å². The fourth-order valence-electron chi connectivity index (χ4n) is 3.00. The average Bonchev–Trinajstić information content (AvgIpc) is 2.94. The highest BCUT2D eigenvalue weighted by atomic mass is 32.1. The van der Waals surface area contributed by atoms with Crippen molar-refractivity contribution < 1.29 is 0 Å². The number of rotatable bonds is 5. The first-order valence-electron chi connectivity index (χ1n) is 7.55. The van der Waals surface area contributed by atoms with Crippen LogP contribution >= 0.6 is 12.2 Å². The summed E-state index contributed by atoms with van der Waals surface area (Å²) in [6, 6.07) is 0. The third-order valence-electron chi connectivity index (χ3n) is 4.24. The van der Waals surface area contributed by atoms with Gasteiger partial charge in [0.1, 0.15) is 4.99 Å². The van der Waals surface area contributed by atoms with E-state index in [1.807, 2.05) is 0 Å². The van der Waals surface area contributed by atoms with Crippen molar-refractivity contribution in [2.75, 3.05) is 18.0 Å². The molecule has 4 nitrogen and oxygen atoms in total. The molecule has 1 aliphatic heterocycles. The topological polar surface area (TPSA) is 55.0 Å². The molecule has 1 aromatic rings. The van der Waals surface area contributed by atoms with Crippen LogP contribution in [0.3, 0.4) is 0 Å². The Labute approximate surface area is 126 Å². The molecule has 0 spiro atoms. The van der Waals surface area contributed by atoms with E-state index in [-0.39, 0.29) is 0 Å². The summed E-state index contributed by atoms with van der Waals surface area (Å²) >= 11 is 5.29. The van der Waals surface area contributed by atoms with Crippen LogP contribution < -0.4 is 10.6 Å². The van der Waals surface area contributed by atoms with E-state index >= 15 is 0 Å². The Balaban J connectivity index is 2.45. The van der Waals surface area contributed by atoms with Gasteiger partial charge in [-0.1, -0.05) is 39.4 Å². The van der Waals surface area contributed by atoms with Crippen molar-refractivity contribution >= 4 is 23.0 Å². The quantitative estimate of drug-likeness (QED) is 0.845. The second kappa shape index (κ2) is 6.48. The monoisotopic (exact) mass is 292 g/mol. The molecular formula is C15H24N4S. The molecule has 1 unspecified atom stereocenters. The van der Waals surface area contributed by atoms with E-state index in [9.17, 15) is 0 Å². The molecule has 1 atom stereocenters. The molecule has 2 N–H and O–H groups in total. The lowest BCUT2D eigenvalue weighted by molar-refractivity contribution is 0.568. The van der Waals surface area contributed by atoms with Crippen molar-refractivity contribution in [1.82, 2.24) is 10.2 Å². The molecule has 0 bridgehead atoms. The van der Waals surface area contributed by atoms with Crippen LogP contribution in [0.15, 0.2) is 0 Å². The molecule has 1 saturated heterocycles. The normalized spacial score (nSPS) is 18.6. The van der Waals surface area contributed by atoms with Gasteiger partial charge in [-0.25, -0.2) is 0 Å². The fraction of sp³-hybridized carbons (Fsp3) is 0.667. The van der Waals surface area contributed by atoms with Crippen molar-refractivity contribution in [2.24, 2.45) is 11.7 Å². The summed E-state index contributed by atoms with van der Waals surface area (Å²) in [6.45, 7) is 8.52.